The second kappa shape index (κ2) is 8.32. The van der Waals surface area contributed by atoms with Gasteiger partial charge in [0, 0.05) is 49.8 Å². The summed E-state index contributed by atoms with van der Waals surface area (Å²) in [4.78, 5) is 46.9. The van der Waals surface area contributed by atoms with Crippen LogP contribution in [0.2, 0.25) is 0 Å². The molecule has 2 aliphatic heterocycles. The Balaban J connectivity index is 1.24. The van der Waals surface area contributed by atoms with Crippen LogP contribution in [0.3, 0.4) is 0 Å². The second-order valence-electron chi connectivity index (χ2n) is 7.11. The number of fused-ring (bicyclic) bond motifs is 1. The number of hydrogen-bond acceptors (Lipinski definition) is 5. The summed E-state index contributed by atoms with van der Waals surface area (Å²) in [5, 5.41) is 0. The van der Waals surface area contributed by atoms with E-state index in [1.165, 1.54) is 4.90 Å². The lowest BCUT2D eigenvalue weighted by Crippen LogP contribution is -2.49. The van der Waals surface area contributed by atoms with E-state index >= 15 is 0 Å². The number of carbonyl (C=O) groups is 3. The molecule has 29 heavy (non-hydrogen) atoms. The van der Waals surface area contributed by atoms with Crippen LogP contribution in [-0.4, -0.2) is 65.2 Å². The van der Waals surface area contributed by atoms with Crippen molar-refractivity contribution in [3.05, 3.63) is 58.2 Å². The van der Waals surface area contributed by atoms with Gasteiger partial charge in [-0.15, -0.1) is 0 Å². The van der Waals surface area contributed by atoms with Crippen molar-refractivity contribution < 1.29 is 14.4 Å². The number of aromatic nitrogens is 1. The monoisotopic (exact) mass is 456 g/mol. The van der Waals surface area contributed by atoms with E-state index < -0.39 is 0 Å². The molecule has 0 atom stereocenters. The molecule has 2 aromatic rings. The van der Waals surface area contributed by atoms with Gasteiger partial charge in [0.15, 0.2) is 0 Å². The van der Waals surface area contributed by atoms with Crippen LogP contribution < -0.4 is 4.90 Å². The summed E-state index contributed by atoms with van der Waals surface area (Å²) in [5.41, 5.74) is 0.892. The van der Waals surface area contributed by atoms with Crippen LogP contribution in [0, 0.1) is 0 Å². The molecule has 3 heterocycles. The van der Waals surface area contributed by atoms with Crippen molar-refractivity contribution in [1.82, 2.24) is 14.8 Å². The first-order chi connectivity index (χ1) is 14.0. The van der Waals surface area contributed by atoms with Crippen LogP contribution in [0.4, 0.5) is 5.82 Å². The Morgan fingerprint density at radius 3 is 2.21 bits per heavy atom. The maximum Gasteiger partial charge on any atom is 0.261 e. The van der Waals surface area contributed by atoms with Gasteiger partial charge in [-0.1, -0.05) is 12.1 Å². The second-order valence-corrected chi connectivity index (χ2v) is 8.03. The van der Waals surface area contributed by atoms with Crippen molar-refractivity contribution in [1.29, 1.82) is 0 Å². The van der Waals surface area contributed by atoms with Crippen molar-refractivity contribution in [3.63, 3.8) is 0 Å². The van der Waals surface area contributed by atoms with Gasteiger partial charge >= 0.3 is 0 Å². The molecule has 0 saturated carbocycles. The fourth-order valence-corrected chi connectivity index (χ4v) is 3.96. The lowest BCUT2D eigenvalue weighted by Gasteiger charge is -2.35. The zero-order valence-electron chi connectivity index (χ0n) is 15.9. The van der Waals surface area contributed by atoms with Crippen LogP contribution in [0.5, 0.6) is 0 Å². The third-order valence-electron chi connectivity index (χ3n) is 5.32. The molecular weight excluding hydrogens is 436 g/mol. The SMILES string of the molecule is O=C(CCCN1C(=O)c2ccccc2C1=O)N1CCN(c2ccc(Br)cn2)CC1. The van der Waals surface area contributed by atoms with Crippen LogP contribution in [0.15, 0.2) is 47.1 Å². The number of nitrogens with zero attached hydrogens (tertiary/aromatic N) is 4. The van der Waals surface area contributed by atoms with Crippen molar-refractivity contribution in [2.45, 2.75) is 12.8 Å². The van der Waals surface area contributed by atoms with Gasteiger partial charge in [0.2, 0.25) is 5.91 Å². The maximum atomic E-state index is 12.5. The van der Waals surface area contributed by atoms with Crippen LogP contribution in [-0.2, 0) is 4.79 Å². The maximum absolute atomic E-state index is 12.5. The molecule has 4 rings (SSSR count). The van der Waals surface area contributed by atoms with Gasteiger partial charge in [-0.05, 0) is 46.6 Å². The summed E-state index contributed by atoms with van der Waals surface area (Å²) in [6.07, 6.45) is 2.56. The van der Waals surface area contributed by atoms with E-state index in [0.29, 0.717) is 37.1 Å². The molecule has 8 heteroatoms. The van der Waals surface area contributed by atoms with Crippen molar-refractivity contribution in [2.24, 2.45) is 0 Å². The number of imide groups is 1. The van der Waals surface area contributed by atoms with Gasteiger partial charge in [-0.25, -0.2) is 4.98 Å². The number of halogens is 1. The van der Waals surface area contributed by atoms with Crippen LogP contribution in [0.25, 0.3) is 0 Å². The van der Waals surface area contributed by atoms with E-state index in [1.54, 1.807) is 30.5 Å². The Morgan fingerprint density at radius 2 is 1.62 bits per heavy atom. The van der Waals surface area contributed by atoms with Crippen molar-refractivity contribution in [3.8, 4) is 0 Å². The standard InChI is InChI=1S/C21H21BrN4O3/c22-15-7-8-18(23-14-15)24-10-12-25(13-11-24)19(27)6-3-9-26-20(28)16-4-1-2-5-17(16)21(26)29/h1-2,4-5,7-8,14H,3,6,9-13H2. The van der Waals surface area contributed by atoms with E-state index in [1.807, 2.05) is 17.0 Å². The summed E-state index contributed by atoms with van der Waals surface area (Å²) >= 11 is 3.38. The summed E-state index contributed by atoms with van der Waals surface area (Å²) in [5.74, 6) is 0.429. The number of pyridine rings is 1. The normalized spacial score (nSPS) is 16.4. The summed E-state index contributed by atoms with van der Waals surface area (Å²) in [7, 11) is 0. The van der Waals surface area contributed by atoms with Gasteiger partial charge in [0.05, 0.1) is 11.1 Å². The number of benzene rings is 1. The highest BCUT2D eigenvalue weighted by Gasteiger charge is 2.34. The largest absolute Gasteiger partial charge is 0.353 e. The molecule has 2 aliphatic rings. The lowest BCUT2D eigenvalue weighted by atomic mass is 10.1. The topological polar surface area (TPSA) is 73.8 Å². The van der Waals surface area contributed by atoms with E-state index in [2.05, 4.69) is 25.8 Å². The highest BCUT2D eigenvalue weighted by atomic mass is 79.9. The number of rotatable bonds is 5. The zero-order chi connectivity index (χ0) is 20.4. The first-order valence-corrected chi connectivity index (χ1v) is 10.4. The minimum Gasteiger partial charge on any atom is -0.353 e. The molecule has 0 N–H and O–H groups in total. The van der Waals surface area contributed by atoms with Gasteiger partial charge in [-0.2, -0.15) is 0 Å². The minimum absolute atomic E-state index is 0.0602. The quantitative estimate of drug-likeness (QED) is 0.646. The molecule has 1 aromatic heterocycles. The molecule has 1 saturated heterocycles. The molecule has 1 aromatic carbocycles. The predicted octanol–water partition coefficient (Wildman–Crippen LogP) is 2.57. The van der Waals surface area contributed by atoms with Crippen molar-refractivity contribution >= 4 is 39.5 Å². The molecule has 0 spiro atoms. The summed E-state index contributed by atoms with van der Waals surface area (Å²) in [6.45, 7) is 3.02. The zero-order valence-corrected chi connectivity index (χ0v) is 17.5. The summed E-state index contributed by atoms with van der Waals surface area (Å²) < 4.78 is 0.938. The third-order valence-corrected chi connectivity index (χ3v) is 5.79. The van der Waals surface area contributed by atoms with E-state index in [4.69, 9.17) is 0 Å². The molecule has 1 fully saturated rings. The average Bonchev–Trinajstić information content (AvgIpc) is 2.99. The molecule has 150 valence electrons. The van der Waals surface area contributed by atoms with Gasteiger partial charge in [-0.3, -0.25) is 19.3 Å². The minimum atomic E-state index is -0.270. The van der Waals surface area contributed by atoms with Crippen LogP contribution >= 0.6 is 15.9 Å². The number of anilines is 1. The van der Waals surface area contributed by atoms with E-state index in [-0.39, 0.29) is 24.3 Å². The Kier molecular flexibility index (Phi) is 5.62. The Hall–Kier alpha value is -2.74. The first kappa shape index (κ1) is 19.6. The van der Waals surface area contributed by atoms with Crippen LogP contribution in [0.1, 0.15) is 33.6 Å². The average molecular weight is 457 g/mol. The Labute approximate surface area is 177 Å². The number of hydrogen-bond donors (Lipinski definition) is 0. The summed E-state index contributed by atoms with van der Waals surface area (Å²) in [6, 6.07) is 10.8. The van der Waals surface area contributed by atoms with E-state index in [0.717, 1.165) is 23.4 Å². The molecular formula is C21H21BrN4O3. The highest BCUT2D eigenvalue weighted by Crippen LogP contribution is 2.23. The molecule has 0 aliphatic carbocycles. The highest BCUT2D eigenvalue weighted by molar-refractivity contribution is 9.10. The molecule has 0 radical (unpaired) electrons. The smallest absolute Gasteiger partial charge is 0.261 e. The Morgan fingerprint density at radius 1 is 0.966 bits per heavy atom. The Bertz CT molecular complexity index is 904. The first-order valence-electron chi connectivity index (χ1n) is 9.64. The number of piperazine rings is 1. The van der Waals surface area contributed by atoms with Gasteiger partial charge in [0.1, 0.15) is 5.82 Å². The van der Waals surface area contributed by atoms with E-state index in [9.17, 15) is 14.4 Å². The number of carbonyl (C=O) groups excluding carboxylic acids is 3. The fourth-order valence-electron chi connectivity index (χ4n) is 3.73. The lowest BCUT2D eigenvalue weighted by molar-refractivity contribution is -0.131. The fraction of sp³-hybridized carbons (Fsp3) is 0.333. The van der Waals surface area contributed by atoms with Crippen molar-refractivity contribution in [2.75, 3.05) is 37.6 Å². The van der Waals surface area contributed by atoms with Gasteiger partial charge < -0.3 is 9.80 Å². The molecule has 0 unspecified atom stereocenters. The number of amides is 3. The van der Waals surface area contributed by atoms with Gasteiger partial charge in [0.25, 0.3) is 11.8 Å². The molecule has 0 bridgehead atoms. The third kappa shape index (κ3) is 4.03. The molecule has 7 nitrogen and oxygen atoms in total. The molecule has 3 amide bonds. The predicted molar refractivity (Wildman–Crippen MR) is 112 cm³/mol.